The second-order valence-electron chi connectivity index (χ2n) is 13.5. The summed E-state index contributed by atoms with van der Waals surface area (Å²) in [5, 5.41) is 14.5. The zero-order chi connectivity index (χ0) is 38.2. The normalized spacial score (nSPS) is 20.4. The van der Waals surface area contributed by atoms with Crippen molar-refractivity contribution in [3.8, 4) is 17.3 Å². The summed E-state index contributed by atoms with van der Waals surface area (Å²) in [5.41, 5.74) is -0.0766. The van der Waals surface area contributed by atoms with Gasteiger partial charge in [-0.1, -0.05) is 54.6 Å². The quantitative estimate of drug-likeness (QED) is 0.167. The van der Waals surface area contributed by atoms with E-state index in [0.717, 1.165) is 16.7 Å². The van der Waals surface area contributed by atoms with Crippen molar-refractivity contribution in [1.82, 2.24) is 34.3 Å². The average Bonchev–Trinajstić information content (AvgIpc) is 3.94. The van der Waals surface area contributed by atoms with Gasteiger partial charge in [0.25, 0.3) is 0 Å². The molecule has 8 rings (SSSR count). The van der Waals surface area contributed by atoms with E-state index in [-0.39, 0.29) is 19.6 Å². The maximum absolute atomic E-state index is 13.9. The van der Waals surface area contributed by atoms with Crippen molar-refractivity contribution in [3.63, 3.8) is 0 Å². The third kappa shape index (κ3) is 6.26. The Balaban J connectivity index is 1.28. The Morgan fingerprint density at radius 3 is 2.15 bits per heavy atom. The molecule has 2 saturated heterocycles. The van der Waals surface area contributed by atoms with Crippen LogP contribution in [0, 0.1) is 12.8 Å². The van der Waals surface area contributed by atoms with Crippen LogP contribution in [0.25, 0.3) is 5.82 Å². The number of fused-ring (bicyclic) bond motifs is 2. The van der Waals surface area contributed by atoms with E-state index < -0.39 is 41.0 Å². The second-order valence-corrected chi connectivity index (χ2v) is 13.5. The molecular weight excluding hydrogens is 704 g/mol. The molecule has 2 fully saturated rings. The zero-order valence-corrected chi connectivity index (χ0v) is 30.3. The monoisotopic (exact) mass is 742 g/mol. The third-order valence-electron chi connectivity index (χ3n) is 10.5. The molecule has 0 radical (unpaired) electrons. The van der Waals surface area contributed by atoms with Crippen molar-refractivity contribution in [2.45, 2.75) is 36.8 Å². The predicted molar refractivity (Wildman–Crippen MR) is 198 cm³/mol. The molecule has 0 amide bonds. The van der Waals surface area contributed by atoms with Gasteiger partial charge in [-0.25, -0.2) is 24.4 Å². The number of rotatable bonds is 13. The highest BCUT2D eigenvalue weighted by Crippen LogP contribution is 2.54. The van der Waals surface area contributed by atoms with Gasteiger partial charge in [0.05, 0.1) is 39.8 Å². The van der Waals surface area contributed by atoms with Crippen LogP contribution in [0.5, 0.6) is 11.5 Å². The minimum absolute atomic E-state index is 0.0908. The summed E-state index contributed by atoms with van der Waals surface area (Å²) in [6.07, 6.45) is 6.45. The van der Waals surface area contributed by atoms with Crippen LogP contribution in [-0.4, -0.2) is 84.4 Å². The van der Waals surface area contributed by atoms with E-state index in [0.29, 0.717) is 28.8 Å². The summed E-state index contributed by atoms with van der Waals surface area (Å²) < 4.78 is 28.2. The summed E-state index contributed by atoms with van der Waals surface area (Å²) in [4.78, 5) is 46.0. The summed E-state index contributed by atoms with van der Waals surface area (Å²) in [6, 6.07) is 26.1. The van der Waals surface area contributed by atoms with Gasteiger partial charge in [0, 0.05) is 30.1 Å². The molecule has 2 bridgehead atoms. The first-order valence-corrected chi connectivity index (χ1v) is 17.6. The molecule has 5 heterocycles. The smallest absolute Gasteiger partial charge is 0.351 e. The van der Waals surface area contributed by atoms with Crippen molar-refractivity contribution in [1.29, 1.82) is 0 Å². The number of aliphatic carboxylic acids is 1. The summed E-state index contributed by atoms with van der Waals surface area (Å²) in [7, 11) is 3.22. The minimum Gasteiger partial charge on any atom is -0.497 e. The van der Waals surface area contributed by atoms with Gasteiger partial charge >= 0.3 is 11.7 Å². The standard InChI is InChI=1S/C40H38N8O7/c1-26-21-46(38(51)45-35(26)48-25-41-24-44-48)36-34-32(20-33(49)50)39(55-36,22-47(34)37-42-18-7-19-43-37)23-54-40(27-8-5-4-6-9-27,28-10-14-30(52-2)15-11-28)29-12-16-31(53-3)17-13-29/h4-19,21,24-25,32,34,36H,20,22-23H2,1-3H3,(H,49,50)/t32-,34+,36+,39+/m0/s1. The van der Waals surface area contributed by atoms with Crippen LogP contribution >= 0.6 is 0 Å². The van der Waals surface area contributed by atoms with Crippen LogP contribution in [-0.2, 0) is 19.9 Å². The third-order valence-corrected chi connectivity index (χ3v) is 10.5. The molecule has 280 valence electrons. The van der Waals surface area contributed by atoms with Crippen molar-refractivity contribution in [2.24, 2.45) is 5.92 Å². The first-order valence-electron chi connectivity index (χ1n) is 17.6. The number of nitrogens with zero attached hydrogens (tertiary/aromatic N) is 8. The number of aryl methyl sites for hydroxylation is 1. The van der Waals surface area contributed by atoms with E-state index in [1.807, 2.05) is 83.8 Å². The fourth-order valence-corrected chi connectivity index (χ4v) is 7.97. The maximum atomic E-state index is 13.9. The Hall–Kier alpha value is -6.45. The van der Waals surface area contributed by atoms with Crippen LogP contribution in [0.2, 0.25) is 0 Å². The molecule has 15 nitrogen and oxygen atoms in total. The maximum Gasteiger partial charge on any atom is 0.351 e. The predicted octanol–water partition coefficient (Wildman–Crippen LogP) is 4.20. The molecule has 0 spiro atoms. The minimum atomic E-state index is -1.27. The fourth-order valence-electron chi connectivity index (χ4n) is 7.97. The molecular formula is C40H38N8O7. The number of carbonyl (C=O) groups is 1. The molecule has 15 heteroatoms. The van der Waals surface area contributed by atoms with Gasteiger partial charge in [-0.15, -0.1) is 0 Å². The topological polar surface area (TPSA) is 169 Å². The molecule has 2 aliphatic rings. The SMILES string of the molecule is COc1ccc(C(OC[C@@]23CN(c4ncccn4)[C@@H]([C@H](n4cc(C)c(-n5cncn5)nc4=O)O2)[C@@H]3CC(=O)O)(c2ccccc2)c2ccc(OC)cc2)cc1. The Morgan fingerprint density at radius 2 is 1.56 bits per heavy atom. The number of aromatic nitrogens is 7. The highest BCUT2D eigenvalue weighted by atomic mass is 16.6. The molecule has 3 aromatic heterocycles. The van der Waals surface area contributed by atoms with Crippen LogP contribution in [0.3, 0.4) is 0 Å². The Kier molecular flexibility index (Phi) is 9.32. The van der Waals surface area contributed by atoms with Gasteiger partial charge in [-0.2, -0.15) is 10.1 Å². The number of morpholine rings is 1. The second kappa shape index (κ2) is 14.4. The summed E-state index contributed by atoms with van der Waals surface area (Å²) in [6.45, 7) is 1.90. The molecule has 3 aromatic carbocycles. The van der Waals surface area contributed by atoms with E-state index in [4.69, 9.17) is 18.9 Å². The highest BCUT2D eigenvalue weighted by Gasteiger charge is 2.66. The lowest BCUT2D eigenvalue weighted by molar-refractivity contribution is -0.156. The van der Waals surface area contributed by atoms with Crippen molar-refractivity contribution >= 4 is 11.9 Å². The van der Waals surface area contributed by atoms with Crippen LogP contribution in [0.1, 0.15) is 34.9 Å². The van der Waals surface area contributed by atoms with Gasteiger partial charge in [-0.05, 0) is 53.9 Å². The first kappa shape index (κ1) is 35.6. The Labute approximate surface area is 315 Å². The van der Waals surface area contributed by atoms with E-state index in [1.165, 1.54) is 21.9 Å². The number of ether oxygens (including phenoxy) is 4. The van der Waals surface area contributed by atoms with Crippen molar-refractivity contribution in [2.75, 3.05) is 32.3 Å². The molecule has 4 atom stereocenters. The number of hydrogen-bond acceptors (Lipinski definition) is 12. The lowest BCUT2D eigenvalue weighted by atomic mass is 9.79. The van der Waals surface area contributed by atoms with Crippen molar-refractivity contribution < 1.29 is 28.8 Å². The highest BCUT2D eigenvalue weighted by molar-refractivity contribution is 5.68. The van der Waals surface area contributed by atoms with Gasteiger partial charge in [0.1, 0.15) is 35.4 Å². The van der Waals surface area contributed by atoms with Gasteiger partial charge in [0.2, 0.25) is 5.95 Å². The van der Waals surface area contributed by atoms with Crippen LogP contribution in [0.4, 0.5) is 5.95 Å². The fraction of sp³-hybridized carbons (Fsp3) is 0.275. The number of carboxylic acids is 1. The van der Waals surface area contributed by atoms with Crippen molar-refractivity contribution in [3.05, 3.63) is 149 Å². The Morgan fingerprint density at radius 1 is 0.927 bits per heavy atom. The molecule has 0 aliphatic carbocycles. The molecule has 0 unspecified atom stereocenters. The molecule has 1 N–H and O–H groups in total. The number of benzene rings is 3. The van der Waals surface area contributed by atoms with E-state index in [9.17, 15) is 14.7 Å². The average molecular weight is 743 g/mol. The largest absolute Gasteiger partial charge is 0.497 e. The van der Waals surface area contributed by atoms with E-state index in [2.05, 4.69) is 25.0 Å². The zero-order valence-electron chi connectivity index (χ0n) is 30.3. The first-order chi connectivity index (χ1) is 26.8. The summed E-state index contributed by atoms with van der Waals surface area (Å²) in [5.74, 6) is 0.322. The van der Waals surface area contributed by atoms with E-state index in [1.54, 1.807) is 45.8 Å². The number of carboxylic acid groups (broad SMARTS) is 1. The molecule has 2 aliphatic heterocycles. The Bertz CT molecular complexity index is 2280. The van der Waals surface area contributed by atoms with E-state index >= 15 is 0 Å². The van der Waals surface area contributed by atoms with Crippen LogP contribution in [0.15, 0.2) is 121 Å². The number of anilines is 1. The molecule has 55 heavy (non-hydrogen) atoms. The number of methoxy groups -OCH3 is 2. The van der Waals surface area contributed by atoms with Gasteiger partial charge in [-0.3, -0.25) is 9.36 Å². The lowest BCUT2D eigenvalue weighted by Gasteiger charge is -2.42. The molecule has 0 saturated carbocycles. The molecule has 6 aromatic rings. The van der Waals surface area contributed by atoms with Crippen LogP contribution < -0.4 is 20.1 Å². The summed E-state index contributed by atoms with van der Waals surface area (Å²) >= 11 is 0. The van der Waals surface area contributed by atoms with Gasteiger partial charge < -0.3 is 29.0 Å². The lowest BCUT2D eigenvalue weighted by Crippen LogP contribution is -2.51. The van der Waals surface area contributed by atoms with Gasteiger partial charge in [0.15, 0.2) is 12.0 Å². The number of hydrogen-bond donors (Lipinski definition) is 1.